The lowest BCUT2D eigenvalue weighted by Gasteiger charge is -2.21. The van der Waals surface area contributed by atoms with Crippen LogP contribution in [0.2, 0.25) is 5.02 Å². The number of amides is 2. The molecule has 0 fully saturated rings. The predicted octanol–water partition coefficient (Wildman–Crippen LogP) is 5.18. The lowest BCUT2D eigenvalue weighted by molar-refractivity contribution is -0.136. The molecule has 39 heavy (non-hydrogen) atoms. The van der Waals surface area contributed by atoms with Crippen LogP contribution in [0.1, 0.15) is 17.1 Å². The average molecular weight is 630 g/mol. The van der Waals surface area contributed by atoms with E-state index in [0.717, 1.165) is 5.56 Å². The van der Waals surface area contributed by atoms with Crippen molar-refractivity contribution >= 4 is 61.3 Å². The Morgan fingerprint density at radius 3 is 2.31 bits per heavy atom. The van der Waals surface area contributed by atoms with Crippen LogP contribution >= 0.6 is 27.5 Å². The van der Waals surface area contributed by atoms with E-state index in [0.29, 0.717) is 20.9 Å². The Balaban J connectivity index is 1.43. The molecule has 12 heteroatoms. The molecular formula is C27H22BrClN4O5S. The Bertz CT molecular complexity index is 1590. The van der Waals surface area contributed by atoms with Gasteiger partial charge in [0.25, 0.3) is 0 Å². The van der Waals surface area contributed by atoms with E-state index in [1.807, 2.05) is 0 Å². The first-order valence-corrected chi connectivity index (χ1v) is 14.1. The third-order valence-corrected chi connectivity index (χ3v) is 8.10. The number of halogens is 2. The normalized spacial score (nSPS) is 11.6. The van der Waals surface area contributed by atoms with E-state index in [1.54, 1.807) is 78.9 Å². The van der Waals surface area contributed by atoms with Gasteiger partial charge in [0.1, 0.15) is 11.5 Å². The fraction of sp³-hybridized carbons (Fsp3) is 0.0741. The summed E-state index contributed by atoms with van der Waals surface area (Å²) in [6.45, 7) is 0.0234. The number of benzene rings is 3. The predicted molar refractivity (Wildman–Crippen MR) is 152 cm³/mol. The maximum Gasteiger partial charge on any atom is 0.329 e. The average Bonchev–Trinajstić information content (AvgIpc) is 3.38. The Morgan fingerprint density at radius 1 is 0.897 bits per heavy atom. The van der Waals surface area contributed by atoms with Crippen molar-refractivity contribution in [2.45, 2.75) is 18.0 Å². The number of carbonyl (C=O) groups is 2. The summed E-state index contributed by atoms with van der Waals surface area (Å²) in [7, 11) is -3.86. The lowest BCUT2D eigenvalue weighted by atomic mass is 10.2. The number of hydrogen-bond donors (Lipinski definition) is 2. The van der Waals surface area contributed by atoms with Crippen LogP contribution in [0, 0.1) is 0 Å². The molecule has 0 atom stereocenters. The molecule has 4 aromatic rings. The fourth-order valence-electron chi connectivity index (χ4n) is 3.43. The van der Waals surface area contributed by atoms with Gasteiger partial charge in [0.15, 0.2) is 0 Å². The highest BCUT2D eigenvalue weighted by molar-refractivity contribution is 9.10. The van der Waals surface area contributed by atoms with Crippen molar-refractivity contribution in [2.75, 3.05) is 5.32 Å². The largest absolute Gasteiger partial charge is 0.459 e. The molecule has 1 aromatic heterocycles. The molecule has 2 N–H and O–H groups in total. The van der Waals surface area contributed by atoms with Gasteiger partial charge in [-0.05, 0) is 70.0 Å². The van der Waals surface area contributed by atoms with E-state index in [-0.39, 0.29) is 23.7 Å². The zero-order valence-corrected chi connectivity index (χ0v) is 23.4. The number of rotatable bonds is 9. The van der Waals surface area contributed by atoms with Crippen LogP contribution in [0.5, 0.6) is 0 Å². The molecule has 3 aromatic carbocycles. The van der Waals surface area contributed by atoms with Gasteiger partial charge in [-0.3, -0.25) is 9.59 Å². The van der Waals surface area contributed by atoms with Gasteiger partial charge >= 0.3 is 11.8 Å². The van der Waals surface area contributed by atoms with Crippen LogP contribution < -0.4 is 10.7 Å². The highest BCUT2D eigenvalue weighted by Gasteiger charge is 2.26. The number of hydrazone groups is 1. The SMILES string of the molecule is O=C(N/N=C/c1ccc(CN(Cc2ccc(Cl)cc2)S(=O)(=O)c2ccccc2)o1)C(=O)Nc1ccccc1Br. The molecule has 200 valence electrons. The molecule has 1 heterocycles. The molecule has 0 spiro atoms. The Morgan fingerprint density at radius 2 is 1.59 bits per heavy atom. The number of nitrogens with zero attached hydrogens (tertiary/aromatic N) is 2. The molecule has 0 aliphatic rings. The molecule has 4 rings (SSSR count). The number of furan rings is 1. The number of carbonyl (C=O) groups excluding carboxylic acids is 2. The summed E-state index contributed by atoms with van der Waals surface area (Å²) in [5.74, 6) is -1.27. The number of hydrogen-bond acceptors (Lipinski definition) is 6. The van der Waals surface area contributed by atoms with Gasteiger partial charge in [0.05, 0.1) is 23.3 Å². The maximum absolute atomic E-state index is 13.4. The van der Waals surface area contributed by atoms with Crippen LogP contribution in [0.3, 0.4) is 0 Å². The molecule has 9 nitrogen and oxygen atoms in total. The van der Waals surface area contributed by atoms with Crippen molar-refractivity contribution in [1.29, 1.82) is 0 Å². The number of sulfonamides is 1. The van der Waals surface area contributed by atoms with Crippen LogP contribution in [0.25, 0.3) is 0 Å². The molecule has 0 radical (unpaired) electrons. The maximum atomic E-state index is 13.4. The van der Waals surface area contributed by atoms with E-state index < -0.39 is 21.8 Å². The third kappa shape index (κ3) is 7.64. The second-order valence-corrected chi connectivity index (χ2v) is 11.4. The molecule has 2 amide bonds. The van der Waals surface area contributed by atoms with Gasteiger partial charge < -0.3 is 9.73 Å². The summed E-state index contributed by atoms with van der Waals surface area (Å²) in [4.78, 5) is 24.3. The van der Waals surface area contributed by atoms with Gasteiger partial charge in [-0.25, -0.2) is 13.8 Å². The zero-order chi connectivity index (χ0) is 27.8. The van der Waals surface area contributed by atoms with Crippen LogP contribution in [0.15, 0.2) is 110 Å². The van der Waals surface area contributed by atoms with E-state index in [2.05, 4.69) is 31.8 Å². The first-order chi connectivity index (χ1) is 18.7. The minimum atomic E-state index is -3.86. The van der Waals surface area contributed by atoms with Gasteiger partial charge in [-0.1, -0.05) is 54.1 Å². The highest BCUT2D eigenvalue weighted by atomic mass is 79.9. The Hall–Kier alpha value is -3.77. The van der Waals surface area contributed by atoms with Gasteiger partial charge in [-0.2, -0.15) is 9.41 Å². The van der Waals surface area contributed by atoms with Crippen molar-refractivity contribution in [1.82, 2.24) is 9.73 Å². The summed E-state index contributed by atoms with van der Waals surface area (Å²) in [5, 5.41) is 6.77. The number of nitrogens with one attached hydrogen (secondary N) is 2. The van der Waals surface area contributed by atoms with Crippen LogP contribution in [-0.4, -0.2) is 30.8 Å². The first kappa shape index (κ1) is 28.2. The number of anilines is 1. The van der Waals surface area contributed by atoms with Crippen molar-refractivity contribution in [3.63, 3.8) is 0 Å². The molecule has 0 saturated heterocycles. The number of para-hydroxylation sites is 1. The van der Waals surface area contributed by atoms with Crippen LogP contribution in [-0.2, 0) is 32.7 Å². The second-order valence-electron chi connectivity index (χ2n) is 8.15. The summed E-state index contributed by atoms with van der Waals surface area (Å²) < 4.78 is 34.5. The fourth-order valence-corrected chi connectivity index (χ4v) is 5.36. The minimum absolute atomic E-state index is 0.0611. The summed E-state index contributed by atoms with van der Waals surface area (Å²) in [6.07, 6.45) is 1.21. The minimum Gasteiger partial charge on any atom is -0.459 e. The summed E-state index contributed by atoms with van der Waals surface area (Å²) in [6, 6.07) is 25.0. The molecule has 0 unspecified atom stereocenters. The molecule has 0 aliphatic carbocycles. The van der Waals surface area contributed by atoms with Crippen molar-refractivity contribution in [3.05, 3.63) is 118 Å². The van der Waals surface area contributed by atoms with E-state index in [4.69, 9.17) is 16.0 Å². The van der Waals surface area contributed by atoms with Gasteiger partial charge in [0, 0.05) is 16.0 Å². The van der Waals surface area contributed by atoms with E-state index >= 15 is 0 Å². The molecule has 0 aliphatic heterocycles. The van der Waals surface area contributed by atoms with Crippen LogP contribution in [0.4, 0.5) is 5.69 Å². The summed E-state index contributed by atoms with van der Waals surface area (Å²) in [5.41, 5.74) is 3.31. The topological polar surface area (TPSA) is 121 Å². The highest BCUT2D eigenvalue weighted by Crippen LogP contribution is 2.23. The van der Waals surface area contributed by atoms with Gasteiger partial charge in [-0.15, -0.1) is 0 Å². The summed E-state index contributed by atoms with van der Waals surface area (Å²) >= 11 is 9.27. The van der Waals surface area contributed by atoms with Crippen molar-refractivity contribution < 1.29 is 22.4 Å². The van der Waals surface area contributed by atoms with Crippen molar-refractivity contribution in [2.24, 2.45) is 5.10 Å². The third-order valence-electron chi connectivity index (χ3n) is 5.35. The first-order valence-electron chi connectivity index (χ1n) is 11.5. The Labute approximate surface area is 238 Å². The zero-order valence-electron chi connectivity index (χ0n) is 20.3. The second kappa shape index (κ2) is 12.9. The van der Waals surface area contributed by atoms with Crippen molar-refractivity contribution in [3.8, 4) is 0 Å². The molecule has 0 bridgehead atoms. The molecule has 0 saturated carbocycles. The van der Waals surface area contributed by atoms with E-state index in [9.17, 15) is 18.0 Å². The smallest absolute Gasteiger partial charge is 0.329 e. The quantitative estimate of drug-likeness (QED) is 0.150. The standard InChI is InChI=1S/C27H22BrClN4O5S/c28-24-8-4-5-9-25(24)31-26(34)27(35)32-30-16-21-14-15-22(38-21)18-33(17-19-10-12-20(29)13-11-19)39(36,37)23-6-2-1-3-7-23/h1-16H,17-18H2,(H,31,34)(H,32,35)/b30-16+. The molecular weight excluding hydrogens is 608 g/mol. The Kier molecular flexibility index (Phi) is 9.31. The van der Waals surface area contributed by atoms with Gasteiger partial charge in [0.2, 0.25) is 10.0 Å². The van der Waals surface area contributed by atoms with E-state index in [1.165, 1.54) is 22.7 Å². The lowest BCUT2D eigenvalue weighted by Crippen LogP contribution is -2.32. The monoisotopic (exact) mass is 628 g/mol.